The van der Waals surface area contributed by atoms with E-state index in [0.29, 0.717) is 41.6 Å². The summed E-state index contributed by atoms with van der Waals surface area (Å²) in [5, 5.41) is 6.18. The van der Waals surface area contributed by atoms with E-state index in [1.165, 1.54) is 6.07 Å². The van der Waals surface area contributed by atoms with Gasteiger partial charge in [-0.1, -0.05) is 42.5 Å². The van der Waals surface area contributed by atoms with Gasteiger partial charge in [0.05, 0.1) is 34.3 Å². The number of pyridine rings is 1. The Bertz CT molecular complexity index is 1700. The zero-order chi connectivity index (χ0) is 29.9. The average molecular weight is 574 g/mol. The van der Waals surface area contributed by atoms with Crippen molar-refractivity contribution in [2.24, 2.45) is 0 Å². The van der Waals surface area contributed by atoms with Crippen molar-refractivity contribution in [3.05, 3.63) is 102 Å². The summed E-state index contributed by atoms with van der Waals surface area (Å²) in [6.45, 7) is 3.04. The zero-order valence-electron chi connectivity index (χ0n) is 23.4. The van der Waals surface area contributed by atoms with E-state index < -0.39 is 11.7 Å². The number of anilines is 1. The Morgan fingerprint density at radius 3 is 2.52 bits per heavy atom. The maximum atomic E-state index is 13.7. The first kappa shape index (κ1) is 28.7. The number of aromatic nitrogens is 4. The quantitative estimate of drug-likeness (QED) is 0.227. The Hall–Kier alpha value is -4.77. The van der Waals surface area contributed by atoms with E-state index in [4.69, 9.17) is 9.97 Å². The van der Waals surface area contributed by atoms with Crippen molar-refractivity contribution in [3.63, 3.8) is 0 Å². The highest BCUT2D eigenvalue weighted by Gasteiger charge is 2.31. The Morgan fingerprint density at radius 1 is 1.00 bits per heavy atom. The van der Waals surface area contributed by atoms with Crippen LogP contribution in [0.5, 0.6) is 0 Å². The number of carbonyl (C=O) groups excluding carboxylic acids is 1. The highest BCUT2D eigenvalue weighted by Crippen LogP contribution is 2.36. The Labute approximate surface area is 241 Å². The molecule has 0 aliphatic heterocycles. The molecule has 0 fully saturated rings. The van der Waals surface area contributed by atoms with Gasteiger partial charge in [-0.25, -0.2) is 15.0 Å². The molecule has 0 saturated heterocycles. The van der Waals surface area contributed by atoms with Gasteiger partial charge >= 0.3 is 6.18 Å². The molecule has 1 amide bonds. The molecule has 216 valence electrons. The van der Waals surface area contributed by atoms with E-state index in [1.54, 1.807) is 41.1 Å². The summed E-state index contributed by atoms with van der Waals surface area (Å²) in [5.41, 5.74) is 2.20. The molecule has 1 atom stereocenters. The SMILES string of the molecule is C[C@H](Nc1nccc(-c2c(-c3cccc(C(F)(F)F)c3)nc3c(C(=O)NCCN(C)C)cccn23)n1)c1ccccc1. The predicted octanol–water partition coefficient (Wildman–Crippen LogP) is 5.94. The van der Waals surface area contributed by atoms with Gasteiger partial charge in [0.15, 0.2) is 5.65 Å². The van der Waals surface area contributed by atoms with Gasteiger partial charge in [-0.05, 0) is 56.9 Å². The summed E-state index contributed by atoms with van der Waals surface area (Å²) in [5.74, 6) is 0.00250. The van der Waals surface area contributed by atoms with Crippen LogP contribution in [0.1, 0.15) is 34.5 Å². The third-order valence-electron chi connectivity index (χ3n) is 6.75. The van der Waals surface area contributed by atoms with Crippen molar-refractivity contribution in [3.8, 4) is 22.6 Å². The zero-order valence-corrected chi connectivity index (χ0v) is 23.4. The van der Waals surface area contributed by atoms with Crippen LogP contribution >= 0.6 is 0 Å². The average Bonchev–Trinajstić information content (AvgIpc) is 3.37. The third kappa shape index (κ3) is 6.26. The fourth-order valence-electron chi connectivity index (χ4n) is 4.60. The molecule has 2 N–H and O–H groups in total. The van der Waals surface area contributed by atoms with Gasteiger partial charge in [0.25, 0.3) is 5.91 Å². The van der Waals surface area contributed by atoms with Crippen LogP contribution in [0.2, 0.25) is 0 Å². The molecule has 3 aromatic heterocycles. The van der Waals surface area contributed by atoms with Gasteiger partial charge in [-0.3, -0.25) is 9.20 Å². The van der Waals surface area contributed by atoms with Crippen LogP contribution in [0.4, 0.5) is 19.1 Å². The molecule has 0 radical (unpaired) electrons. The number of alkyl halides is 3. The number of imidazole rings is 1. The lowest BCUT2D eigenvalue weighted by Crippen LogP contribution is -2.31. The minimum Gasteiger partial charge on any atom is -0.351 e. The molecule has 2 aromatic carbocycles. The highest BCUT2D eigenvalue weighted by atomic mass is 19.4. The number of benzene rings is 2. The molecule has 0 spiro atoms. The standard InChI is InChI=1S/C31H30F3N7O/c1-20(21-9-5-4-6-10-21)37-30-36-15-14-25(38-30)27-26(22-11-7-12-23(19-22)31(32,33)34)39-28-24(13-8-17-41(27)28)29(42)35-16-18-40(2)3/h4-15,17,19-20H,16,18H2,1-3H3,(H,35,42)(H,36,37,38)/t20-/m0/s1. The number of amides is 1. The number of carbonyl (C=O) groups is 1. The first-order valence-corrected chi connectivity index (χ1v) is 13.4. The van der Waals surface area contributed by atoms with Crippen LogP contribution in [-0.4, -0.2) is 57.3 Å². The summed E-state index contributed by atoms with van der Waals surface area (Å²) in [7, 11) is 3.81. The van der Waals surface area contributed by atoms with E-state index in [2.05, 4.69) is 15.6 Å². The summed E-state index contributed by atoms with van der Waals surface area (Å²) < 4.78 is 42.7. The Morgan fingerprint density at radius 2 is 1.79 bits per heavy atom. The van der Waals surface area contributed by atoms with Crippen LogP contribution < -0.4 is 10.6 Å². The van der Waals surface area contributed by atoms with Crippen molar-refractivity contribution in [2.45, 2.75) is 19.1 Å². The molecule has 0 aliphatic carbocycles. The normalized spacial score (nSPS) is 12.5. The third-order valence-corrected chi connectivity index (χ3v) is 6.75. The molecule has 11 heteroatoms. The number of rotatable bonds is 9. The molecule has 0 unspecified atom stereocenters. The second-order valence-electron chi connectivity index (χ2n) is 10.1. The molecule has 0 aliphatic rings. The monoisotopic (exact) mass is 573 g/mol. The van der Waals surface area contributed by atoms with Crippen LogP contribution in [0.3, 0.4) is 0 Å². The molecule has 0 bridgehead atoms. The minimum atomic E-state index is -4.54. The maximum Gasteiger partial charge on any atom is 0.416 e. The molecule has 0 saturated carbocycles. The molecular weight excluding hydrogens is 543 g/mol. The first-order valence-electron chi connectivity index (χ1n) is 13.4. The van der Waals surface area contributed by atoms with Gasteiger partial charge in [-0.15, -0.1) is 0 Å². The van der Waals surface area contributed by atoms with Gasteiger partial charge in [-0.2, -0.15) is 13.2 Å². The van der Waals surface area contributed by atoms with E-state index in [-0.39, 0.29) is 23.2 Å². The number of hydrogen-bond acceptors (Lipinski definition) is 6. The number of fused-ring (bicyclic) bond motifs is 1. The van der Waals surface area contributed by atoms with Crippen molar-refractivity contribution in [1.29, 1.82) is 0 Å². The smallest absolute Gasteiger partial charge is 0.351 e. The number of hydrogen-bond donors (Lipinski definition) is 2. The molecule has 8 nitrogen and oxygen atoms in total. The molecule has 5 rings (SSSR count). The first-order chi connectivity index (χ1) is 20.1. The van der Waals surface area contributed by atoms with Crippen molar-refractivity contribution < 1.29 is 18.0 Å². The lowest BCUT2D eigenvalue weighted by atomic mass is 10.0. The second-order valence-corrected chi connectivity index (χ2v) is 10.1. The van der Waals surface area contributed by atoms with E-state index in [0.717, 1.165) is 17.7 Å². The largest absolute Gasteiger partial charge is 0.416 e. The van der Waals surface area contributed by atoms with Gasteiger partial charge in [0, 0.05) is 31.0 Å². The highest BCUT2D eigenvalue weighted by molar-refractivity contribution is 6.01. The number of halogens is 3. The fourth-order valence-corrected chi connectivity index (χ4v) is 4.60. The summed E-state index contributed by atoms with van der Waals surface area (Å²) in [4.78, 5) is 28.9. The van der Waals surface area contributed by atoms with Crippen molar-refractivity contribution >= 4 is 17.5 Å². The summed E-state index contributed by atoms with van der Waals surface area (Å²) >= 11 is 0. The van der Waals surface area contributed by atoms with Crippen LogP contribution in [0, 0.1) is 0 Å². The van der Waals surface area contributed by atoms with Crippen molar-refractivity contribution in [2.75, 3.05) is 32.5 Å². The Kier molecular flexibility index (Phi) is 8.21. The number of nitrogens with zero attached hydrogens (tertiary/aromatic N) is 5. The lowest BCUT2D eigenvalue weighted by molar-refractivity contribution is -0.137. The molecule has 5 aromatic rings. The molecular formula is C31H30F3N7O. The topological polar surface area (TPSA) is 87.4 Å². The van der Waals surface area contributed by atoms with Crippen LogP contribution in [0.15, 0.2) is 85.2 Å². The van der Waals surface area contributed by atoms with E-state index >= 15 is 0 Å². The van der Waals surface area contributed by atoms with Gasteiger partial charge < -0.3 is 15.5 Å². The van der Waals surface area contributed by atoms with Gasteiger partial charge in [0.2, 0.25) is 5.95 Å². The van der Waals surface area contributed by atoms with Crippen LogP contribution in [0.25, 0.3) is 28.3 Å². The van der Waals surface area contributed by atoms with E-state index in [9.17, 15) is 18.0 Å². The number of likely N-dealkylation sites (N-methyl/N-ethyl adjacent to an activating group) is 1. The molecule has 42 heavy (non-hydrogen) atoms. The Balaban J connectivity index is 1.63. The minimum absolute atomic E-state index is 0.107. The second kappa shape index (κ2) is 12.0. The lowest BCUT2D eigenvalue weighted by Gasteiger charge is -2.15. The predicted molar refractivity (Wildman–Crippen MR) is 156 cm³/mol. The maximum absolute atomic E-state index is 13.7. The van der Waals surface area contributed by atoms with E-state index in [1.807, 2.05) is 56.3 Å². The fraction of sp³-hybridized carbons (Fsp3) is 0.226. The summed E-state index contributed by atoms with van der Waals surface area (Å²) in [6, 6.07) is 19.7. The van der Waals surface area contributed by atoms with Crippen LogP contribution in [-0.2, 0) is 6.18 Å². The molecule has 3 heterocycles. The van der Waals surface area contributed by atoms with Gasteiger partial charge in [0.1, 0.15) is 0 Å². The number of nitrogens with one attached hydrogen (secondary N) is 2. The summed E-state index contributed by atoms with van der Waals surface area (Å²) in [6.07, 6.45) is -1.24. The van der Waals surface area contributed by atoms with Crippen molar-refractivity contribution in [1.82, 2.24) is 29.6 Å².